The highest BCUT2D eigenvalue weighted by Gasteiger charge is 2.10. The molecular formula is C18H17N3O2. The molecule has 1 N–H and O–H groups in total. The highest BCUT2D eigenvalue weighted by molar-refractivity contribution is 5.94. The minimum Gasteiger partial charge on any atom is -0.345 e. The molecule has 0 spiro atoms. The number of nitrogens with zero attached hydrogens (tertiary/aromatic N) is 2. The van der Waals surface area contributed by atoms with Crippen LogP contribution in [0.4, 0.5) is 0 Å². The van der Waals surface area contributed by atoms with Gasteiger partial charge in [0.15, 0.2) is 0 Å². The van der Waals surface area contributed by atoms with Crippen molar-refractivity contribution in [2.24, 2.45) is 7.05 Å². The Hall–Kier alpha value is -2.95. The summed E-state index contributed by atoms with van der Waals surface area (Å²) in [6.07, 6.45) is 0. The van der Waals surface area contributed by atoms with Crippen LogP contribution in [0.15, 0.2) is 53.3 Å². The molecule has 2 aromatic carbocycles. The standard InChI is InChI=1S/C18H17N3O2/c1-12-7-9-13(10-8-12)17(22)19-11-16-20-15-6-4-3-5-14(15)18(23)21(16)2/h3-10H,11H2,1-2H3,(H,19,22). The van der Waals surface area contributed by atoms with Crippen molar-refractivity contribution in [1.29, 1.82) is 0 Å². The van der Waals surface area contributed by atoms with Gasteiger partial charge in [-0.1, -0.05) is 29.8 Å². The Labute approximate surface area is 133 Å². The summed E-state index contributed by atoms with van der Waals surface area (Å²) in [5.74, 6) is 0.335. The van der Waals surface area contributed by atoms with Crippen molar-refractivity contribution in [3.63, 3.8) is 0 Å². The van der Waals surface area contributed by atoms with Crippen LogP contribution in [-0.4, -0.2) is 15.5 Å². The van der Waals surface area contributed by atoms with E-state index in [0.29, 0.717) is 22.3 Å². The molecule has 0 bridgehead atoms. The minimum absolute atomic E-state index is 0.116. The number of nitrogens with one attached hydrogen (secondary N) is 1. The third-order valence-electron chi connectivity index (χ3n) is 3.80. The molecule has 0 saturated heterocycles. The number of amides is 1. The molecule has 1 aromatic heterocycles. The fourth-order valence-corrected chi connectivity index (χ4v) is 2.39. The molecule has 0 saturated carbocycles. The Bertz CT molecular complexity index is 927. The monoisotopic (exact) mass is 307 g/mol. The minimum atomic E-state index is -0.188. The predicted molar refractivity (Wildman–Crippen MR) is 89.3 cm³/mol. The predicted octanol–water partition coefficient (Wildman–Crippen LogP) is 2.17. The summed E-state index contributed by atoms with van der Waals surface area (Å²) in [6.45, 7) is 2.17. The van der Waals surface area contributed by atoms with Gasteiger partial charge >= 0.3 is 0 Å². The number of para-hydroxylation sites is 1. The zero-order chi connectivity index (χ0) is 16.4. The molecule has 1 heterocycles. The number of benzene rings is 2. The van der Waals surface area contributed by atoms with Crippen LogP contribution in [0.25, 0.3) is 10.9 Å². The van der Waals surface area contributed by atoms with E-state index in [-0.39, 0.29) is 18.0 Å². The molecule has 0 aliphatic heterocycles. The normalized spacial score (nSPS) is 10.7. The molecule has 116 valence electrons. The molecular weight excluding hydrogens is 290 g/mol. The van der Waals surface area contributed by atoms with Gasteiger partial charge < -0.3 is 5.32 Å². The van der Waals surface area contributed by atoms with Gasteiger partial charge in [-0.25, -0.2) is 4.98 Å². The van der Waals surface area contributed by atoms with E-state index in [4.69, 9.17) is 0 Å². The van der Waals surface area contributed by atoms with E-state index in [9.17, 15) is 9.59 Å². The van der Waals surface area contributed by atoms with Gasteiger partial charge in [0.2, 0.25) is 0 Å². The SMILES string of the molecule is Cc1ccc(C(=O)NCc2nc3ccccc3c(=O)n2C)cc1. The summed E-state index contributed by atoms with van der Waals surface area (Å²) in [5.41, 5.74) is 2.20. The lowest BCUT2D eigenvalue weighted by atomic mass is 10.1. The smallest absolute Gasteiger partial charge is 0.261 e. The first-order chi connectivity index (χ1) is 11.1. The highest BCUT2D eigenvalue weighted by Crippen LogP contribution is 2.07. The van der Waals surface area contributed by atoms with Crippen molar-refractivity contribution in [3.8, 4) is 0 Å². The zero-order valence-electron chi connectivity index (χ0n) is 13.0. The van der Waals surface area contributed by atoms with Gasteiger partial charge in [0.1, 0.15) is 5.82 Å². The fraction of sp³-hybridized carbons (Fsp3) is 0.167. The zero-order valence-corrected chi connectivity index (χ0v) is 13.0. The van der Waals surface area contributed by atoms with Crippen LogP contribution in [0.1, 0.15) is 21.7 Å². The van der Waals surface area contributed by atoms with Gasteiger partial charge in [0, 0.05) is 12.6 Å². The summed E-state index contributed by atoms with van der Waals surface area (Å²) in [4.78, 5) is 28.9. The van der Waals surface area contributed by atoms with Gasteiger partial charge in [-0.05, 0) is 31.2 Å². The maximum atomic E-state index is 12.3. The number of carbonyl (C=O) groups excluding carboxylic acids is 1. The molecule has 0 radical (unpaired) electrons. The summed E-state index contributed by atoms with van der Waals surface area (Å²) in [5, 5.41) is 3.38. The number of hydrogen-bond donors (Lipinski definition) is 1. The molecule has 23 heavy (non-hydrogen) atoms. The Morgan fingerprint density at radius 2 is 1.83 bits per heavy atom. The number of aryl methyl sites for hydroxylation is 1. The summed E-state index contributed by atoms with van der Waals surface area (Å²) < 4.78 is 1.47. The van der Waals surface area contributed by atoms with Crippen molar-refractivity contribution < 1.29 is 4.79 Å². The average molecular weight is 307 g/mol. The topological polar surface area (TPSA) is 64.0 Å². The van der Waals surface area contributed by atoms with Crippen LogP contribution in [0.5, 0.6) is 0 Å². The lowest BCUT2D eigenvalue weighted by Crippen LogP contribution is -2.29. The van der Waals surface area contributed by atoms with E-state index >= 15 is 0 Å². The summed E-state index contributed by atoms with van der Waals surface area (Å²) >= 11 is 0. The van der Waals surface area contributed by atoms with Gasteiger partial charge in [0.05, 0.1) is 17.4 Å². The maximum absolute atomic E-state index is 12.3. The molecule has 0 fully saturated rings. The second-order valence-electron chi connectivity index (χ2n) is 5.46. The summed E-state index contributed by atoms with van der Waals surface area (Å²) in [6, 6.07) is 14.5. The second-order valence-corrected chi connectivity index (χ2v) is 5.46. The molecule has 0 unspecified atom stereocenters. The Kier molecular flexibility index (Phi) is 3.93. The quantitative estimate of drug-likeness (QED) is 0.806. The third-order valence-corrected chi connectivity index (χ3v) is 3.80. The highest BCUT2D eigenvalue weighted by atomic mass is 16.1. The Balaban J connectivity index is 1.84. The van der Waals surface area contributed by atoms with Gasteiger partial charge in [-0.15, -0.1) is 0 Å². The lowest BCUT2D eigenvalue weighted by Gasteiger charge is -2.10. The number of aromatic nitrogens is 2. The van der Waals surface area contributed by atoms with Crippen molar-refractivity contribution in [2.45, 2.75) is 13.5 Å². The maximum Gasteiger partial charge on any atom is 0.261 e. The van der Waals surface area contributed by atoms with Crippen molar-refractivity contribution in [1.82, 2.24) is 14.9 Å². The molecule has 0 aliphatic rings. The van der Waals surface area contributed by atoms with Crippen molar-refractivity contribution >= 4 is 16.8 Å². The molecule has 5 heteroatoms. The van der Waals surface area contributed by atoms with E-state index in [2.05, 4.69) is 10.3 Å². The lowest BCUT2D eigenvalue weighted by molar-refractivity contribution is 0.0949. The molecule has 3 aromatic rings. The Morgan fingerprint density at radius 3 is 2.57 bits per heavy atom. The fourth-order valence-electron chi connectivity index (χ4n) is 2.39. The van der Waals surface area contributed by atoms with Gasteiger partial charge in [-0.3, -0.25) is 14.2 Å². The molecule has 0 aliphatic carbocycles. The first-order valence-electron chi connectivity index (χ1n) is 7.36. The van der Waals surface area contributed by atoms with Gasteiger partial charge in [0.25, 0.3) is 11.5 Å². The number of fused-ring (bicyclic) bond motifs is 1. The molecule has 3 rings (SSSR count). The second kappa shape index (κ2) is 6.04. The first kappa shape index (κ1) is 15.0. The van der Waals surface area contributed by atoms with Crippen molar-refractivity contribution in [2.75, 3.05) is 0 Å². The van der Waals surface area contributed by atoms with E-state index in [1.165, 1.54) is 4.57 Å². The van der Waals surface area contributed by atoms with E-state index in [1.54, 1.807) is 31.3 Å². The largest absolute Gasteiger partial charge is 0.345 e. The first-order valence-corrected chi connectivity index (χ1v) is 7.36. The number of carbonyl (C=O) groups is 1. The molecule has 0 atom stereocenters. The summed E-state index contributed by atoms with van der Waals surface area (Å²) in [7, 11) is 1.66. The van der Waals surface area contributed by atoms with E-state index in [0.717, 1.165) is 5.56 Å². The van der Waals surface area contributed by atoms with Crippen LogP contribution < -0.4 is 10.9 Å². The molecule has 5 nitrogen and oxygen atoms in total. The number of rotatable bonds is 3. The van der Waals surface area contributed by atoms with Crippen LogP contribution >= 0.6 is 0 Å². The van der Waals surface area contributed by atoms with Crippen LogP contribution in [0.3, 0.4) is 0 Å². The Morgan fingerprint density at radius 1 is 1.13 bits per heavy atom. The van der Waals surface area contributed by atoms with E-state index < -0.39 is 0 Å². The average Bonchev–Trinajstić information content (AvgIpc) is 2.57. The van der Waals surface area contributed by atoms with Crippen LogP contribution in [0, 0.1) is 6.92 Å². The van der Waals surface area contributed by atoms with E-state index in [1.807, 2.05) is 31.2 Å². The van der Waals surface area contributed by atoms with Crippen LogP contribution in [0.2, 0.25) is 0 Å². The van der Waals surface area contributed by atoms with Gasteiger partial charge in [-0.2, -0.15) is 0 Å². The third kappa shape index (κ3) is 2.99. The van der Waals surface area contributed by atoms with Crippen molar-refractivity contribution in [3.05, 3.63) is 75.8 Å². The molecule has 1 amide bonds. The van der Waals surface area contributed by atoms with Crippen LogP contribution in [-0.2, 0) is 13.6 Å². The number of hydrogen-bond acceptors (Lipinski definition) is 3.